The molecule has 0 fully saturated rings. The van der Waals surface area contributed by atoms with Gasteiger partial charge >= 0.3 is 12.0 Å². The molecule has 1 aromatic carbocycles. The number of aromatic carboxylic acids is 1. The summed E-state index contributed by atoms with van der Waals surface area (Å²) in [7, 11) is 0. The molecule has 6 heteroatoms. The average Bonchev–Trinajstić information content (AvgIpc) is 2.39. The highest BCUT2D eigenvalue weighted by Gasteiger charge is 2.14. The largest absolute Gasteiger partial charge is 0.507 e. The normalized spacial score (nSPS) is 13.3. The number of carbonyl (C=O) groups is 2. The van der Waals surface area contributed by atoms with Crippen LogP contribution in [0, 0.1) is 5.92 Å². The second-order valence-electron chi connectivity index (χ2n) is 4.81. The summed E-state index contributed by atoms with van der Waals surface area (Å²) in [6, 6.07) is 3.49. The van der Waals surface area contributed by atoms with Crippen molar-refractivity contribution in [3.8, 4) is 5.75 Å². The molecular formula is C14H20N2O4. The summed E-state index contributed by atoms with van der Waals surface area (Å²) in [4.78, 5) is 22.7. The van der Waals surface area contributed by atoms with E-state index in [1.54, 1.807) is 0 Å². The maximum absolute atomic E-state index is 11.8. The molecule has 1 aromatic rings. The van der Waals surface area contributed by atoms with E-state index in [-0.39, 0.29) is 17.4 Å². The standard InChI is InChI=1S/C14H20N2O4/c1-4-8(2)9(3)15-14(20)16-10-5-6-12(17)11(7-10)13(18)19/h5-9,17H,4H2,1-3H3,(H,18,19)(H2,15,16,20). The van der Waals surface area contributed by atoms with E-state index in [1.165, 1.54) is 18.2 Å². The fourth-order valence-electron chi connectivity index (χ4n) is 1.65. The van der Waals surface area contributed by atoms with Gasteiger partial charge < -0.3 is 20.8 Å². The average molecular weight is 280 g/mol. The minimum Gasteiger partial charge on any atom is -0.507 e. The van der Waals surface area contributed by atoms with E-state index in [1.807, 2.05) is 20.8 Å². The van der Waals surface area contributed by atoms with Gasteiger partial charge in [0.15, 0.2) is 0 Å². The van der Waals surface area contributed by atoms with Crippen LogP contribution in [-0.2, 0) is 0 Å². The molecule has 0 spiro atoms. The van der Waals surface area contributed by atoms with E-state index in [2.05, 4.69) is 10.6 Å². The van der Waals surface area contributed by atoms with Crippen LogP contribution in [0.1, 0.15) is 37.6 Å². The number of carbonyl (C=O) groups excluding carboxylic acids is 1. The number of carboxylic acids is 1. The smallest absolute Gasteiger partial charge is 0.339 e. The first-order valence-corrected chi connectivity index (χ1v) is 6.49. The van der Waals surface area contributed by atoms with Crippen molar-refractivity contribution in [2.75, 3.05) is 5.32 Å². The van der Waals surface area contributed by atoms with Gasteiger partial charge in [0.2, 0.25) is 0 Å². The molecule has 0 saturated carbocycles. The molecule has 4 N–H and O–H groups in total. The highest BCUT2D eigenvalue weighted by atomic mass is 16.4. The molecule has 6 nitrogen and oxygen atoms in total. The van der Waals surface area contributed by atoms with Crippen LogP contribution in [0.2, 0.25) is 0 Å². The highest BCUT2D eigenvalue weighted by Crippen LogP contribution is 2.21. The van der Waals surface area contributed by atoms with Gasteiger partial charge in [-0.25, -0.2) is 9.59 Å². The Morgan fingerprint density at radius 1 is 1.30 bits per heavy atom. The van der Waals surface area contributed by atoms with Crippen LogP contribution < -0.4 is 10.6 Å². The Hall–Kier alpha value is -2.24. The molecule has 2 amide bonds. The molecule has 0 saturated heterocycles. The lowest BCUT2D eigenvalue weighted by molar-refractivity contribution is 0.0693. The van der Waals surface area contributed by atoms with Crippen molar-refractivity contribution in [2.45, 2.75) is 33.2 Å². The topological polar surface area (TPSA) is 98.7 Å². The van der Waals surface area contributed by atoms with Crippen molar-refractivity contribution in [3.63, 3.8) is 0 Å². The molecule has 0 aliphatic heterocycles. The van der Waals surface area contributed by atoms with Gasteiger partial charge in [0, 0.05) is 11.7 Å². The summed E-state index contributed by atoms with van der Waals surface area (Å²) in [5, 5.41) is 23.6. The van der Waals surface area contributed by atoms with E-state index < -0.39 is 12.0 Å². The second-order valence-corrected chi connectivity index (χ2v) is 4.81. The number of aromatic hydroxyl groups is 1. The third kappa shape index (κ3) is 4.15. The first-order chi connectivity index (χ1) is 9.35. The fraction of sp³-hybridized carbons (Fsp3) is 0.429. The maximum atomic E-state index is 11.8. The number of hydrogen-bond acceptors (Lipinski definition) is 3. The van der Waals surface area contributed by atoms with Crippen molar-refractivity contribution in [1.82, 2.24) is 5.32 Å². The third-order valence-corrected chi connectivity index (χ3v) is 3.34. The summed E-state index contributed by atoms with van der Waals surface area (Å²) < 4.78 is 0. The second kappa shape index (κ2) is 6.79. The minimum atomic E-state index is -1.25. The molecule has 0 aromatic heterocycles. The first-order valence-electron chi connectivity index (χ1n) is 6.49. The summed E-state index contributed by atoms with van der Waals surface area (Å²) in [5.41, 5.74) is 0.0619. The molecule has 0 bridgehead atoms. The van der Waals surface area contributed by atoms with Crippen LogP contribution in [0.3, 0.4) is 0 Å². The molecule has 0 radical (unpaired) electrons. The highest BCUT2D eigenvalue weighted by molar-refractivity contribution is 5.95. The molecule has 110 valence electrons. The van der Waals surface area contributed by atoms with Gasteiger partial charge in [-0.2, -0.15) is 0 Å². The Kier molecular flexibility index (Phi) is 5.37. The van der Waals surface area contributed by atoms with Gasteiger partial charge in [-0.15, -0.1) is 0 Å². The van der Waals surface area contributed by atoms with Gasteiger partial charge in [0.25, 0.3) is 0 Å². The Morgan fingerprint density at radius 3 is 2.50 bits per heavy atom. The lowest BCUT2D eigenvalue weighted by Crippen LogP contribution is -2.39. The summed E-state index contributed by atoms with van der Waals surface area (Å²) in [6.07, 6.45) is 0.948. The van der Waals surface area contributed by atoms with Crippen LogP contribution in [-0.4, -0.2) is 28.3 Å². The monoisotopic (exact) mass is 280 g/mol. The van der Waals surface area contributed by atoms with Crippen LogP contribution in [0.25, 0.3) is 0 Å². The maximum Gasteiger partial charge on any atom is 0.339 e. The molecule has 2 unspecified atom stereocenters. The first kappa shape index (κ1) is 15.8. The molecule has 1 rings (SSSR count). The zero-order valence-corrected chi connectivity index (χ0v) is 11.8. The van der Waals surface area contributed by atoms with Crippen LogP contribution in [0.5, 0.6) is 5.75 Å². The van der Waals surface area contributed by atoms with E-state index in [4.69, 9.17) is 5.11 Å². The predicted octanol–water partition coefficient (Wildman–Crippen LogP) is 2.65. The van der Waals surface area contributed by atoms with Crippen molar-refractivity contribution in [2.24, 2.45) is 5.92 Å². The zero-order valence-electron chi connectivity index (χ0n) is 11.8. The number of carboxylic acid groups (broad SMARTS) is 1. The van der Waals surface area contributed by atoms with Crippen molar-refractivity contribution in [3.05, 3.63) is 23.8 Å². The quantitative estimate of drug-likeness (QED) is 0.623. The summed E-state index contributed by atoms with van der Waals surface area (Å²) in [5.74, 6) is -1.24. The van der Waals surface area contributed by atoms with Gasteiger partial charge in [0.05, 0.1) is 0 Å². The van der Waals surface area contributed by atoms with Gasteiger partial charge in [0.1, 0.15) is 11.3 Å². The number of nitrogens with one attached hydrogen (secondary N) is 2. The Morgan fingerprint density at radius 2 is 1.95 bits per heavy atom. The lowest BCUT2D eigenvalue weighted by Gasteiger charge is -2.20. The van der Waals surface area contributed by atoms with Crippen LogP contribution in [0.15, 0.2) is 18.2 Å². The number of amides is 2. The Labute approximate surface area is 117 Å². The molecule has 0 aliphatic carbocycles. The molecular weight excluding hydrogens is 260 g/mol. The predicted molar refractivity (Wildman–Crippen MR) is 76.1 cm³/mol. The van der Waals surface area contributed by atoms with E-state index >= 15 is 0 Å². The van der Waals surface area contributed by atoms with Gasteiger partial charge in [-0.3, -0.25) is 0 Å². The van der Waals surface area contributed by atoms with E-state index in [0.29, 0.717) is 11.6 Å². The van der Waals surface area contributed by atoms with E-state index in [9.17, 15) is 14.7 Å². The van der Waals surface area contributed by atoms with Crippen molar-refractivity contribution >= 4 is 17.7 Å². The van der Waals surface area contributed by atoms with Crippen molar-refractivity contribution in [1.29, 1.82) is 0 Å². The summed E-state index contributed by atoms with van der Waals surface area (Å²) in [6.45, 7) is 5.99. The summed E-state index contributed by atoms with van der Waals surface area (Å²) >= 11 is 0. The van der Waals surface area contributed by atoms with Crippen molar-refractivity contribution < 1.29 is 19.8 Å². The molecule has 0 aliphatic rings. The molecule has 20 heavy (non-hydrogen) atoms. The number of hydrogen-bond donors (Lipinski definition) is 4. The van der Waals surface area contributed by atoms with Gasteiger partial charge in [-0.05, 0) is 31.0 Å². The lowest BCUT2D eigenvalue weighted by atomic mass is 10.0. The van der Waals surface area contributed by atoms with Crippen LogP contribution in [0.4, 0.5) is 10.5 Å². The van der Waals surface area contributed by atoms with Gasteiger partial charge in [-0.1, -0.05) is 20.3 Å². The third-order valence-electron chi connectivity index (χ3n) is 3.34. The minimum absolute atomic E-state index is 0.0102. The zero-order chi connectivity index (χ0) is 15.3. The fourth-order valence-corrected chi connectivity index (χ4v) is 1.65. The number of urea groups is 1. The number of anilines is 1. The number of benzene rings is 1. The molecule has 0 heterocycles. The SMILES string of the molecule is CCC(C)C(C)NC(=O)Nc1ccc(O)c(C(=O)O)c1. The van der Waals surface area contributed by atoms with E-state index in [0.717, 1.165) is 6.42 Å². The number of phenols is 1. The van der Waals surface area contributed by atoms with Crippen LogP contribution >= 0.6 is 0 Å². The Bertz CT molecular complexity index is 502. The Balaban J connectivity index is 2.71. The number of rotatable bonds is 5. The molecule has 2 atom stereocenters.